The number of hydroxylamine groups is 1. The second-order valence-electron chi connectivity index (χ2n) is 9.25. The van der Waals surface area contributed by atoms with E-state index in [0.29, 0.717) is 28.9 Å². The lowest BCUT2D eigenvalue weighted by atomic mass is 9.83. The largest absolute Gasteiger partial charge is 0.495 e. The summed E-state index contributed by atoms with van der Waals surface area (Å²) in [5, 5.41) is 14.9. The van der Waals surface area contributed by atoms with Gasteiger partial charge in [0, 0.05) is 17.6 Å². The minimum absolute atomic E-state index is 0.286. The van der Waals surface area contributed by atoms with Gasteiger partial charge in [-0.25, -0.2) is 10.3 Å². The van der Waals surface area contributed by atoms with E-state index in [1.807, 2.05) is 20.8 Å². The van der Waals surface area contributed by atoms with Crippen molar-refractivity contribution in [1.82, 2.24) is 15.7 Å². The van der Waals surface area contributed by atoms with Crippen molar-refractivity contribution in [2.75, 3.05) is 25.5 Å². The second-order valence-corrected chi connectivity index (χ2v) is 9.66. The van der Waals surface area contributed by atoms with Crippen molar-refractivity contribution < 1.29 is 24.3 Å². The van der Waals surface area contributed by atoms with Gasteiger partial charge in [0.25, 0.3) is 5.91 Å². The summed E-state index contributed by atoms with van der Waals surface area (Å²) in [7, 11) is 1.47. The number of urea groups is 1. The summed E-state index contributed by atoms with van der Waals surface area (Å²) < 4.78 is 5.29. The fourth-order valence-corrected chi connectivity index (χ4v) is 3.63. The number of carbonyl (C=O) groups is 3. The van der Waals surface area contributed by atoms with Gasteiger partial charge in [-0.15, -0.1) is 0 Å². The Bertz CT molecular complexity index is 851. The fourth-order valence-electron chi connectivity index (χ4n) is 3.48. The lowest BCUT2D eigenvalue weighted by Gasteiger charge is -2.37. The lowest BCUT2D eigenvalue weighted by Crippen LogP contribution is -2.57. The Kier molecular flexibility index (Phi) is 8.74. The van der Waals surface area contributed by atoms with E-state index in [4.69, 9.17) is 21.5 Å². The molecule has 1 aromatic carbocycles. The summed E-state index contributed by atoms with van der Waals surface area (Å²) >= 11 is 6.12. The normalized spacial score (nSPS) is 14.7. The van der Waals surface area contributed by atoms with Gasteiger partial charge in [-0.1, -0.05) is 38.8 Å². The van der Waals surface area contributed by atoms with E-state index >= 15 is 0 Å². The van der Waals surface area contributed by atoms with E-state index < -0.39 is 23.4 Å². The standard InChI is InChI=1S/C22H33ClN4O5/c1-13-9-16(17(32-5)10-15(13)23)24-21(30)25-19(22(2,3)4)20(29)27(12-18(28)26-31)11-14-7-6-8-14/h9-10,14,19,31H,6-8,11-12H2,1-5H3,(H,26,28)(H2,24,25,30). The van der Waals surface area contributed by atoms with Crippen molar-refractivity contribution >= 4 is 35.1 Å². The summed E-state index contributed by atoms with van der Waals surface area (Å²) in [5.41, 5.74) is 2.11. The first kappa shape index (κ1) is 25.7. The topological polar surface area (TPSA) is 120 Å². The Morgan fingerprint density at radius 3 is 2.44 bits per heavy atom. The van der Waals surface area contributed by atoms with Crippen LogP contribution in [0.4, 0.5) is 10.5 Å². The van der Waals surface area contributed by atoms with Crippen LogP contribution in [0.3, 0.4) is 0 Å². The summed E-state index contributed by atoms with van der Waals surface area (Å²) in [6, 6.07) is 1.79. The number of halogens is 1. The smallest absolute Gasteiger partial charge is 0.320 e. The number of benzene rings is 1. The van der Waals surface area contributed by atoms with Gasteiger partial charge in [0.05, 0.1) is 12.8 Å². The molecule has 1 atom stereocenters. The van der Waals surface area contributed by atoms with Crippen molar-refractivity contribution in [2.45, 2.75) is 53.0 Å². The van der Waals surface area contributed by atoms with E-state index in [2.05, 4.69) is 10.6 Å². The number of aryl methyl sites for hydroxylation is 1. The molecule has 0 spiro atoms. The number of hydrogen-bond donors (Lipinski definition) is 4. The number of anilines is 1. The Morgan fingerprint density at radius 1 is 1.28 bits per heavy atom. The molecule has 10 heteroatoms. The van der Waals surface area contributed by atoms with Gasteiger partial charge in [0.2, 0.25) is 5.91 Å². The lowest BCUT2D eigenvalue weighted by molar-refractivity contribution is -0.143. The number of nitrogens with zero attached hydrogens (tertiary/aromatic N) is 1. The summed E-state index contributed by atoms with van der Waals surface area (Å²) in [6.07, 6.45) is 3.05. The Balaban J connectivity index is 2.21. The number of carbonyl (C=O) groups excluding carboxylic acids is 3. The van der Waals surface area contributed by atoms with Crippen molar-refractivity contribution in [1.29, 1.82) is 0 Å². The Morgan fingerprint density at radius 2 is 1.94 bits per heavy atom. The number of hydrogen-bond acceptors (Lipinski definition) is 5. The molecule has 9 nitrogen and oxygen atoms in total. The molecule has 1 aliphatic carbocycles. The molecule has 1 aliphatic rings. The molecule has 1 saturated carbocycles. The average molecular weight is 469 g/mol. The van der Waals surface area contributed by atoms with Crippen molar-refractivity contribution in [2.24, 2.45) is 11.3 Å². The van der Waals surface area contributed by atoms with Crippen LogP contribution in [0.25, 0.3) is 0 Å². The molecule has 32 heavy (non-hydrogen) atoms. The molecule has 178 valence electrons. The zero-order chi connectivity index (χ0) is 24.1. The SMILES string of the molecule is COc1cc(Cl)c(C)cc1NC(=O)NC(C(=O)N(CC(=O)NO)CC1CCC1)C(C)(C)C. The van der Waals surface area contributed by atoms with Crippen LogP contribution in [0, 0.1) is 18.3 Å². The summed E-state index contributed by atoms with van der Waals surface area (Å²) in [5.74, 6) is -0.375. The average Bonchev–Trinajstić information content (AvgIpc) is 2.68. The van der Waals surface area contributed by atoms with E-state index in [9.17, 15) is 14.4 Å². The maximum atomic E-state index is 13.4. The highest BCUT2D eigenvalue weighted by Gasteiger charge is 2.37. The monoisotopic (exact) mass is 468 g/mol. The molecule has 0 saturated heterocycles. The van der Waals surface area contributed by atoms with E-state index in [1.54, 1.807) is 24.5 Å². The first-order valence-corrected chi connectivity index (χ1v) is 11.0. The minimum atomic E-state index is -0.909. The van der Waals surface area contributed by atoms with Crippen LogP contribution >= 0.6 is 11.6 Å². The first-order valence-electron chi connectivity index (χ1n) is 10.6. The molecule has 0 bridgehead atoms. The molecule has 0 aliphatic heterocycles. The molecule has 4 amide bonds. The van der Waals surface area contributed by atoms with Gasteiger partial charge in [-0.2, -0.15) is 0 Å². The number of ether oxygens (including phenoxy) is 1. The number of amides is 4. The van der Waals surface area contributed by atoms with Crippen LogP contribution in [-0.4, -0.2) is 54.2 Å². The molecule has 1 unspecified atom stereocenters. The number of nitrogens with one attached hydrogen (secondary N) is 3. The minimum Gasteiger partial charge on any atom is -0.495 e. The molecule has 1 fully saturated rings. The van der Waals surface area contributed by atoms with Crippen LogP contribution in [0.2, 0.25) is 5.02 Å². The van der Waals surface area contributed by atoms with Crippen molar-refractivity contribution in [3.63, 3.8) is 0 Å². The van der Waals surface area contributed by atoms with Gasteiger partial charge in [0.15, 0.2) is 0 Å². The highest BCUT2D eigenvalue weighted by atomic mass is 35.5. The summed E-state index contributed by atoms with van der Waals surface area (Å²) in [6.45, 7) is 7.40. The van der Waals surface area contributed by atoms with Crippen LogP contribution in [0.15, 0.2) is 12.1 Å². The van der Waals surface area contributed by atoms with E-state index in [1.165, 1.54) is 12.0 Å². The predicted molar refractivity (Wildman–Crippen MR) is 122 cm³/mol. The van der Waals surface area contributed by atoms with Gasteiger partial charge >= 0.3 is 6.03 Å². The molecule has 0 aromatic heterocycles. The zero-order valence-corrected chi connectivity index (χ0v) is 20.0. The number of methoxy groups -OCH3 is 1. The van der Waals surface area contributed by atoms with Crippen LogP contribution in [0.1, 0.15) is 45.6 Å². The van der Waals surface area contributed by atoms with Gasteiger partial charge in [-0.05, 0) is 42.7 Å². The third-order valence-electron chi connectivity index (χ3n) is 5.59. The molecular formula is C22H33ClN4O5. The third kappa shape index (κ3) is 6.74. The molecule has 2 rings (SSSR count). The van der Waals surface area contributed by atoms with Crippen molar-refractivity contribution in [3.05, 3.63) is 22.7 Å². The molecule has 0 radical (unpaired) electrons. The molecule has 1 aromatic rings. The third-order valence-corrected chi connectivity index (χ3v) is 6.00. The molecule has 0 heterocycles. The highest BCUT2D eigenvalue weighted by molar-refractivity contribution is 6.31. The number of rotatable bonds is 8. The van der Waals surface area contributed by atoms with Gasteiger partial charge in [-0.3, -0.25) is 14.8 Å². The maximum absolute atomic E-state index is 13.4. The quantitative estimate of drug-likeness (QED) is 0.344. The zero-order valence-electron chi connectivity index (χ0n) is 19.3. The maximum Gasteiger partial charge on any atom is 0.320 e. The van der Waals surface area contributed by atoms with Crippen molar-refractivity contribution in [3.8, 4) is 5.75 Å². The van der Waals surface area contributed by atoms with Gasteiger partial charge < -0.3 is 20.3 Å². The summed E-state index contributed by atoms with van der Waals surface area (Å²) in [4.78, 5) is 39.4. The Hall–Kier alpha value is -2.52. The Labute approximate surface area is 193 Å². The predicted octanol–water partition coefficient (Wildman–Crippen LogP) is 3.33. The van der Waals surface area contributed by atoms with Crippen LogP contribution in [0.5, 0.6) is 5.75 Å². The molecular weight excluding hydrogens is 436 g/mol. The fraction of sp³-hybridized carbons (Fsp3) is 0.591. The van der Waals surface area contributed by atoms with Gasteiger partial charge in [0.1, 0.15) is 18.3 Å². The van der Waals surface area contributed by atoms with E-state index in [-0.39, 0.29) is 12.5 Å². The highest BCUT2D eigenvalue weighted by Crippen LogP contribution is 2.31. The van der Waals surface area contributed by atoms with Crippen LogP contribution < -0.4 is 20.9 Å². The first-order chi connectivity index (χ1) is 15.0. The van der Waals surface area contributed by atoms with E-state index in [0.717, 1.165) is 24.8 Å². The second kappa shape index (κ2) is 10.9. The van der Waals surface area contributed by atoms with Crippen LogP contribution in [-0.2, 0) is 9.59 Å². The molecule has 4 N–H and O–H groups in total.